The average Bonchev–Trinajstić information content (AvgIpc) is 2.10. The van der Waals surface area contributed by atoms with Gasteiger partial charge in [-0.25, -0.2) is 10.3 Å². The van der Waals surface area contributed by atoms with Gasteiger partial charge in [-0.1, -0.05) is 0 Å². The monoisotopic (exact) mass is 249 g/mol. The summed E-state index contributed by atoms with van der Waals surface area (Å²) >= 11 is 3.03. The second-order valence-electron chi connectivity index (χ2n) is 2.53. The van der Waals surface area contributed by atoms with E-state index in [1.807, 2.05) is 0 Å². The first-order valence-corrected chi connectivity index (χ1v) is 4.43. The molecule has 0 spiro atoms. The molecule has 72 valence electrons. The van der Waals surface area contributed by atoms with Gasteiger partial charge in [-0.3, -0.25) is 0 Å². The third kappa shape index (κ3) is 2.65. The van der Waals surface area contributed by atoms with Crippen molar-refractivity contribution in [3.05, 3.63) is 28.0 Å². The fourth-order valence-corrected chi connectivity index (χ4v) is 1.42. The summed E-state index contributed by atoms with van der Waals surface area (Å²) in [5, 5.41) is 9.08. The lowest BCUT2D eigenvalue weighted by molar-refractivity contribution is 0.141. The van der Waals surface area contributed by atoms with Crippen molar-refractivity contribution in [2.24, 2.45) is 5.90 Å². The van der Waals surface area contributed by atoms with Gasteiger partial charge in [0.1, 0.15) is 0 Å². The number of hydrogen-bond acceptors (Lipinski definition) is 3. The molecule has 0 aliphatic heterocycles. The molecule has 5 heteroatoms. The Hall–Kier alpha value is -0.650. The fourth-order valence-electron chi connectivity index (χ4n) is 0.939. The minimum Gasteiger partial charge on any atom is -0.504 e. The maximum atomic E-state index is 12.9. The molecule has 0 bridgehead atoms. The summed E-state index contributed by atoms with van der Waals surface area (Å²) < 4.78 is 13.2. The molecule has 1 aromatic rings. The summed E-state index contributed by atoms with van der Waals surface area (Å²) in [7, 11) is 0. The van der Waals surface area contributed by atoms with Crippen LogP contribution >= 0.6 is 15.9 Å². The van der Waals surface area contributed by atoms with E-state index in [0.717, 1.165) is 0 Å². The topological polar surface area (TPSA) is 55.5 Å². The summed E-state index contributed by atoms with van der Waals surface area (Å²) in [4.78, 5) is 4.36. The van der Waals surface area contributed by atoms with Gasteiger partial charge in [0, 0.05) is 0 Å². The van der Waals surface area contributed by atoms with Crippen molar-refractivity contribution < 1.29 is 14.3 Å². The first-order chi connectivity index (χ1) is 6.15. The molecular formula is C8H9BrFNO2. The van der Waals surface area contributed by atoms with Crippen LogP contribution in [0.1, 0.15) is 5.56 Å². The molecule has 13 heavy (non-hydrogen) atoms. The lowest BCUT2D eigenvalue weighted by Gasteiger charge is -2.03. The molecule has 0 saturated heterocycles. The number of halogens is 2. The van der Waals surface area contributed by atoms with E-state index in [0.29, 0.717) is 23.1 Å². The molecule has 0 aliphatic carbocycles. The third-order valence-electron chi connectivity index (χ3n) is 1.59. The standard InChI is InChI=1S/C8H9BrFNO2/c9-6-3-5(1-2-13-11)4-7(10)8(6)12/h3-4,12H,1-2,11H2. The summed E-state index contributed by atoms with van der Waals surface area (Å²) in [6.45, 7) is 0.316. The molecule has 0 saturated carbocycles. The third-order valence-corrected chi connectivity index (χ3v) is 2.19. The van der Waals surface area contributed by atoms with Crippen LogP contribution in [0.3, 0.4) is 0 Å². The van der Waals surface area contributed by atoms with E-state index in [-0.39, 0.29) is 5.75 Å². The first-order valence-electron chi connectivity index (χ1n) is 3.63. The summed E-state index contributed by atoms with van der Waals surface area (Å²) in [6.07, 6.45) is 0.506. The summed E-state index contributed by atoms with van der Waals surface area (Å²) in [5.74, 6) is 3.80. The Morgan fingerprint density at radius 3 is 2.77 bits per heavy atom. The van der Waals surface area contributed by atoms with Crippen LogP contribution in [0.5, 0.6) is 5.75 Å². The molecule has 0 amide bonds. The van der Waals surface area contributed by atoms with Crippen LogP contribution in [-0.2, 0) is 11.3 Å². The molecule has 0 atom stereocenters. The van der Waals surface area contributed by atoms with Gasteiger partial charge in [-0.05, 0) is 40.0 Å². The van der Waals surface area contributed by atoms with Gasteiger partial charge in [0.2, 0.25) is 0 Å². The lowest BCUT2D eigenvalue weighted by atomic mass is 10.1. The maximum Gasteiger partial charge on any atom is 0.166 e. The van der Waals surface area contributed by atoms with Gasteiger partial charge in [-0.15, -0.1) is 0 Å². The Bertz CT molecular complexity index is 283. The van der Waals surface area contributed by atoms with Gasteiger partial charge < -0.3 is 9.94 Å². The minimum atomic E-state index is -0.651. The van der Waals surface area contributed by atoms with Crippen LogP contribution in [0.4, 0.5) is 4.39 Å². The molecule has 3 nitrogen and oxygen atoms in total. The predicted octanol–water partition coefficient (Wildman–Crippen LogP) is 1.73. The van der Waals surface area contributed by atoms with E-state index >= 15 is 0 Å². The van der Waals surface area contributed by atoms with Gasteiger partial charge in [-0.2, -0.15) is 0 Å². The normalized spacial score (nSPS) is 10.4. The minimum absolute atomic E-state index is 0.316. The van der Waals surface area contributed by atoms with Crippen LogP contribution in [0, 0.1) is 5.82 Å². The highest BCUT2D eigenvalue weighted by Gasteiger charge is 2.07. The van der Waals surface area contributed by atoms with Crippen molar-refractivity contribution >= 4 is 15.9 Å². The van der Waals surface area contributed by atoms with Crippen LogP contribution in [0.15, 0.2) is 16.6 Å². The molecule has 0 fully saturated rings. The van der Waals surface area contributed by atoms with Crippen molar-refractivity contribution in [3.63, 3.8) is 0 Å². The van der Waals surface area contributed by atoms with E-state index in [9.17, 15) is 4.39 Å². The SMILES string of the molecule is NOCCc1cc(F)c(O)c(Br)c1. The number of nitrogens with two attached hydrogens (primary N) is 1. The molecule has 3 N–H and O–H groups in total. The number of aromatic hydroxyl groups is 1. The van der Waals surface area contributed by atoms with E-state index < -0.39 is 5.82 Å². The molecule has 1 rings (SSSR count). The highest BCUT2D eigenvalue weighted by atomic mass is 79.9. The van der Waals surface area contributed by atoms with Crippen molar-refractivity contribution in [2.45, 2.75) is 6.42 Å². The van der Waals surface area contributed by atoms with Gasteiger partial charge in [0.05, 0.1) is 11.1 Å². The Morgan fingerprint density at radius 2 is 2.23 bits per heavy atom. The Kier molecular flexibility index (Phi) is 3.65. The largest absolute Gasteiger partial charge is 0.504 e. The second kappa shape index (κ2) is 4.55. The van der Waals surface area contributed by atoms with E-state index in [1.165, 1.54) is 6.07 Å². The van der Waals surface area contributed by atoms with E-state index in [1.54, 1.807) is 6.07 Å². The number of phenols is 1. The van der Waals surface area contributed by atoms with Crippen LogP contribution in [0.2, 0.25) is 0 Å². The zero-order valence-corrected chi connectivity index (χ0v) is 8.34. The van der Waals surface area contributed by atoms with Crippen molar-refractivity contribution in [1.29, 1.82) is 0 Å². The molecule has 0 unspecified atom stereocenters. The Morgan fingerprint density at radius 1 is 1.54 bits per heavy atom. The number of rotatable bonds is 3. The Balaban J connectivity index is 2.86. The zero-order chi connectivity index (χ0) is 9.84. The van der Waals surface area contributed by atoms with Crippen LogP contribution < -0.4 is 5.90 Å². The molecule has 1 aromatic carbocycles. The molecule has 0 heterocycles. The number of benzene rings is 1. The number of phenolic OH excluding ortho intramolecular Hbond substituents is 1. The zero-order valence-electron chi connectivity index (χ0n) is 6.76. The predicted molar refractivity (Wildman–Crippen MR) is 49.6 cm³/mol. The Labute approximate surface area is 83.4 Å². The highest BCUT2D eigenvalue weighted by Crippen LogP contribution is 2.28. The molecule has 0 aromatic heterocycles. The first kappa shape index (κ1) is 10.4. The van der Waals surface area contributed by atoms with Gasteiger partial charge in [0.15, 0.2) is 11.6 Å². The van der Waals surface area contributed by atoms with Crippen molar-refractivity contribution in [2.75, 3.05) is 6.61 Å². The molecular weight excluding hydrogens is 241 g/mol. The summed E-state index contributed by atoms with van der Waals surface area (Å²) in [5.41, 5.74) is 0.715. The van der Waals surface area contributed by atoms with Gasteiger partial charge >= 0.3 is 0 Å². The van der Waals surface area contributed by atoms with Crippen molar-refractivity contribution in [1.82, 2.24) is 0 Å². The quantitative estimate of drug-likeness (QED) is 0.803. The maximum absolute atomic E-state index is 12.9. The smallest absolute Gasteiger partial charge is 0.166 e. The number of hydrogen-bond donors (Lipinski definition) is 2. The van der Waals surface area contributed by atoms with Crippen molar-refractivity contribution in [3.8, 4) is 5.75 Å². The average molecular weight is 250 g/mol. The fraction of sp³-hybridized carbons (Fsp3) is 0.250. The van der Waals surface area contributed by atoms with E-state index in [4.69, 9.17) is 11.0 Å². The molecule has 0 radical (unpaired) electrons. The van der Waals surface area contributed by atoms with Gasteiger partial charge in [0.25, 0.3) is 0 Å². The van der Waals surface area contributed by atoms with E-state index in [2.05, 4.69) is 20.8 Å². The second-order valence-corrected chi connectivity index (χ2v) is 3.38. The molecule has 0 aliphatic rings. The van der Waals surface area contributed by atoms with Crippen LogP contribution in [0.25, 0.3) is 0 Å². The lowest BCUT2D eigenvalue weighted by Crippen LogP contribution is -2.03. The highest BCUT2D eigenvalue weighted by molar-refractivity contribution is 9.10. The summed E-state index contributed by atoms with van der Waals surface area (Å²) in [6, 6.07) is 2.87. The van der Waals surface area contributed by atoms with Crippen LogP contribution in [-0.4, -0.2) is 11.7 Å².